The standard InChI is InChI=1S/C33H47N3O5/c1-8-14-23(6)34(19-9-2)31(40)28-33-18-17-32(7,41-33)26(27(33)30(39)36(28)25(21-37)22(4)5)29(38)35(20-10-3)24-15-12-11-13-16-24/h9-13,15-16,22-23,25-28,37H,2-3,8,14,17-21H2,1,4-7H3/t23?,25-,26-,27-,28?,32+,33?/m0/s1. The van der Waals surface area contributed by atoms with Crippen molar-refractivity contribution in [2.24, 2.45) is 17.8 Å². The zero-order chi connectivity index (χ0) is 30.1. The number of hydrogen-bond acceptors (Lipinski definition) is 5. The number of carbonyl (C=O) groups is 3. The van der Waals surface area contributed by atoms with Crippen LogP contribution in [0.1, 0.15) is 60.3 Å². The molecule has 0 radical (unpaired) electrons. The summed E-state index contributed by atoms with van der Waals surface area (Å²) in [5.74, 6) is -2.43. The van der Waals surface area contributed by atoms with Crippen LogP contribution in [0.2, 0.25) is 0 Å². The van der Waals surface area contributed by atoms with Crippen molar-refractivity contribution in [2.75, 3.05) is 24.6 Å². The van der Waals surface area contributed by atoms with Crippen molar-refractivity contribution in [3.05, 3.63) is 55.6 Å². The highest BCUT2D eigenvalue weighted by Crippen LogP contribution is 2.64. The van der Waals surface area contributed by atoms with Crippen molar-refractivity contribution >= 4 is 23.4 Å². The van der Waals surface area contributed by atoms with E-state index in [2.05, 4.69) is 20.1 Å². The van der Waals surface area contributed by atoms with Crippen LogP contribution in [0.5, 0.6) is 0 Å². The molecule has 3 amide bonds. The molecule has 2 bridgehead atoms. The van der Waals surface area contributed by atoms with Gasteiger partial charge in [-0.25, -0.2) is 0 Å². The molecule has 8 heteroatoms. The molecule has 7 atom stereocenters. The van der Waals surface area contributed by atoms with E-state index in [9.17, 15) is 19.5 Å². The fourth-order valence-electron chi connectivity index (χ4n) is 7.58. The van der Waals surface area contributed by atoms with Gasteiger partial charge in [0, 0.05) is 24.8 Å². The molecule has 3 fully saturated rings. The molecular formula is C33H47N3O5. The first-order valence-electron chi connectivity index (χ1n) is 15.0. The second kappa shape index (κ2) is 12.1. The number of rotatable bonds is 13. The molecule has 0 saturated carbocycles. The van der Waals surface area contributed by atoms with Crippen LogP contribution in [0.15, 0.2) is 55.6 Å². The van der Waals surface area contributed by atoms with Crippen LogP contribution in [-0.4, -0.2) is 81.7 Å². The normalized spacial score (nSPS) is 29.8. The molecule has 3 aliphatic heterocycles. The topological polar surface area (TPSA) is 90.4 Å². The molecule has 3 saturated heterocycles. The Morgan fingerprint density at radius 3 is 2.34 bits per heavy atom. The third-order valence-electron chi connectivity index (χ3n) is 9.52. The van der Waals surface area contributed by atoms with Gasteiger partial charge in [0.25, 0.3) is 0 Å². The predicted molar refractivity (Wildman–Crippen MR) is 160 cm³/mol. The van der Waals surface area contributed by atoms with Gasteiger partial charge in [-0.2, -0.15) is 0 Å². The van der Waals surface area contributed by atoms with E-state index in [-0.39, 0.29) is 42.8 Å². The van der Waals surface area contributed by atoms with Gasteiger partial charge in [-0.05, 0) is 51.2 Å². The fraction of sp³-hybridized carbons (Fsp3) is 0.606. The van der Waals surface area contributed by atoms with E-state index >= 15 is 0 Å². The van der Waals surface area contributed by atoms with Crippen molar-refractivity contribution < 1.29 is 24.2 Å². The number of benzene rings is 1. The Morgan fingerprint density at radius 2 is 1.78 bits per heavy atom. The molecule has 224 valence electrons. The van der Waals surface area contributed by atoms with E-state index in [0.29, 0.717) is 25.1 Å². The minimum absolute atomic E-state index is 0.0719. The maximum atomic E-state index is 14.6. The van der Waals surface area contributed by atoms with Gasteiger partial charge in [-0.15, -0.1) is 13.2 Å². The van der Waals surface area contributed by atoms with Crippen molar-refractivity contribution in [1.29, 1.82) is 0 Å². The first-order valence-corrected chi connectivity index (χ1v) is 15.0. The molecular weight excluding hydrogens is 518 g/mol. The van der Waals surface area contributed by atoms with Crippen LogP contribution < -0.4 is 4.90 Å². The number of likely N-dealkylation sites (tertiary alicyclic amines) is 1. The van der Waals surface area contributed by atoms with E-state index in [1.54, 1.807) is 26.9 Å². The highest BCUT2D eigenvalue weighted by molar-refractivity contribution is 6.03. The molecule has 4 rings (SSSR count). The summed E-state index contributed by atoms with van der Waals surface area (Å²) in [5.41, 5.74) is -1.34. The van der Waals surface area contributed by atoms with Gasteiger partial charge in [0.05, 0.1) is 30.1 Å². The number of para-hydroxylation sites is 1. The third kappa shape index (κ3) is 5.03. The lowest BCUT2D eigenvalue weighted by atomic mass is 9.66. The average molecular weight is 566 g/mol. The Kier molecular flexibility index (Phi) is 9.14. The summed E-state index contributed by atoms with van der Waals surface area (Å²) in [6.07, 6.45) is 6.13. The lowest BCUT2D eigenvalue weighted by molar-refractivity contribution is -0.157. The van der Waals surface area contributed by atoms with Crippen LogP contribution in [0.4, 0.5) is 5.69 Å². The molecule has 0 aliphatic carbocycles. The number of amides is 3. The number of nitrogens with zero attached hydrogens (tertiary/aromatic N) is 3. The quantitative estimate of drug-likeness (QED) is 0.362. The zero-order valence-corrected chi connectivity index (χ0v) is 25.3. The maximum absolute atomic E-state index is 14.6. The van der Waals surface area contributed by atoms with Crippen LogP contribution in [0.3, 0.4) is 0 Å². The van der Waals surface area contributed by atoms with Gasteiger partial charge in [0.2, 0.25) is 17.7 Å². The van der Waals surface area contributed by atoms with Crippen molar-refractivity contribution in [2.45, 2.75) is 89.6 Å². The molecule has 3 aliphatic rings. The smallest absolute Gasteiger partial charge is 0.248 e. The molecule has 1 aromatic rings. The van der Waals surface area contributed by atoms with Crippen LogP contribution in [-0.2, 0) is 19.1 Å². The fourth-order valence-corrected chi connectivity index (χ4v) is 7.58. The Labute approximate surface area is 245 Å². The second-order valence-electron chi connectivity index (χ2n) is 12.5. The largest absolute Gasteiger partial charge is 0.394 e. The summed E-state index contributed by atoms with van der Waals surface area (Å²) in [5, 5.41) is 10.5. The van der Waals surface area contributed by atoms with Gasteiger partial charge in [-0.1, -0.05) is 57.5 Å². The van der Waals surface area contributed by atoms with E-state index in [4.69, 9.17) is 4.74 Å². The van der Waals surface area contributed by atoms with Crippen LogP contribution in [0, 0.1) is 17.8 Å². The number of fused-ring (bicyclic) bond motifs is 1. The third-order valence-corrected chi connectivity index (χ3v) is 9.52. The molecule has 1 aromatic carbocycles. The number of aliphatic hydroxyl groups is 1. The lowest BCUT2D eigenvalue weighted by Gasteiger charge is -2.42. The van der Waals surface area contributed by atoms with E-state index in [1.165, 1.54) is 0 Å². The highest BCUT2D eigenvalue weighted by Gasteiger charge is 2.79. The van der Waals surface area contributed by atoms with Crippen molar-refractivity contribution in [3.63, 3.8) is 0 Å². The summed E-state index contributed by atoms with van der Waals surface area (Å²) in [4.78, 5) is 48.7. The molecule has 1 N–H and O–H groups in total. The Balaban J connectivity index is 1.85. The van der Waals surface area contributed by atoms with Crippen molar-refractivity contribution in [1.82, 2.24) is 9.80 Å². The van der Waals surface area contributed by atoms with Gasteiger partial charge >= 0.3 is 0 Å². The first kappa shape index (κ1) is 31.0. The minimum Gasteiger partial charge on any atom is -0.394 e. The Bertz CT molecular complexity index is 1150. The van der Waals surface area contributed by atoms with Crippen molar-refractivity contribution in [3.8, 4) is 0 Å². The zero-order valence-electron chi connectivity index (χ0n) is 25.3. The highest BCUT2D eigenvalue weighted by atomic mass is 16.5. The molecule has 0 aromatic heterocycles. The summed E-state index contributed by atoms with van der Waals surface area (Å²) >= 11 is 0. The maximum Gasteiger partial charge on any atom is 0.248 e. The number of ether oxygens (including phenoxy) is 1. The van der Waals surface area contributed by atoms with Gasteiger partial charge < -0.3 is 24.5 Å². The monoisotopic (exact) mass is 565 g/mol. The molecule has 1 spiro atoms. The molecule has 41 heavy (non-hydrogen) atoms. The second-order valence-corrected chi connectivity index (χ2v) is 12.5. The van der Waals surface area contributed by atoms with Crippen LogP contribution >= 0.6 is 0 Å². The number of carbonyl (C=O) groups excluding carboxylic acids is 3. The number of aliphatic hydroxyl groups excluding tert-OH is 1. The number of hydrogen-bond donors (Lipinski definition) is 1. The van der Waals surface area contributed by atoms with Gasteiger partial charge in [-0.3, -0.25) is 14.4 Å². The van der Waals surface area contributed by atoms with E-state index in [1.807, 2.05) is 58.0 Å². The summed E-state index contributed by atoms with van der Waals surface area (Å²) in [6, 6.07) is 7.76. The molecule has 8 nitrogen and oxygen atoms in total. The van der Waals surface area contributed by atoms with Crippen LogP contribution in [0.25, 0.3) is 0 Å². The predicted octanol–water partition coefficient (Wildman–Crippen LogP) is 4.19. The van der Waals surface area contributed by atoms with Gasteiger partial charge in [0.1, 0.15) is 11.6 Å². The summed E-state index contributed by atoms with van der Waals surface area (Å²) < 4.78 is 6.86. The Morgan fingerprint density at radius 1 is 1.12 bits per heavy atom. The van der Waals surface area contributed by atoms with Gasteiger partial charge in [0.15, 0.2) is 0 Å². The first-order chi connectivity index (χ1) is 19.5. The van der Waals surface area contributed by atoms with E-state index in [0.717, 1.165) is 12.8 Å². The molecule has 3 unspecified atom stereocenters. The Hall–Kier alpha value is -2.97. The SMILES string of the molecule is C=CCN(C(=O)[C@@H]1[C@H]2C(=O)N([C@@H](CO)C(C)C)C(C(=O)N(CC=C)C(C)CCC)C23CC[C@@]1(C)O3)c1ccccc1. The minimum atomic E-state index is -1.16. The van der Waals surface area contributed by atoms with E-state index < -0.39 is 35.1 Å². The summed E-state index contributed by atoms with van der Waals surface area (Å²) in [6.45, 7) is 18.0. The summed E-state index contributed by atoms with van der Waals surface area (Å²) in [7, 11) is 0. The molecule has 3 heterocycles. The number of anilines is 1. The average Bonchev–Trinajstić information content (AvgIpc) is 3.51. The lowest BCUT2D eigenvalue weighted by Crippen LogP contribution is -2.60.